The standard InChI is InChI=1S/C19H26N4O3S/c1-21(27(2,25)26)12-14-6-5-10-22(13-14)19(24)17-16-7-3-4-11-23(16)18(20-17)15-8-9-15/h3-4,7,11,14-15H,5-6,8-10,12-13H2,1-2H3. The van der Waals surface area contributed by atoms with E-state index < -0.39 is 10.0 Å². The molecule has 2 fully saturated rings. The van der Waals surface area contributed by atoms with E-state index in [1.807, 2.05) is 33.7 Å². The highest BCUT2D eigenvalue weighted by Crippen LogP contribution is 2.40. The molecule has 1 unspecified atom stereocenters. The molecule has 1 amide bonds. The van der Waals surface area contributed by atoms with Crippen LogP contribution in [0.2, 0.25) is 0 Å². The van der Waals surface area contributed by atoms with Crippen LogP contribution >= 0.6 is 0 Å². The third kappa shape index (κ3) is 3.73. The summed E-state index contributed by atoms with van der Waals surface area (Å²) in [6.07, 6.45) is 7.27. The van der Waals surface area contributed by atoms with E-state index in [4.69, 9.17) is 4.98 Å². The Hall–Kier alpha value is -1.93. The quantitative estimate of drug-likeness (QED) is 0.782. The maximum absolute atomic E-state index is 13.2. The predicted molar refractivity (Wildman–Crippen MR) is 103 cm³/mol. The third-order valence-electron chi connectivity index (χ3n) is 5.61. The lowest BCUT2D eigenvalue weighted by Crippen LogP contribution is -2.44. The number of piperidine rings is 1. The Morgan fingerprint density at radius 2 is 2.07 bits per heavy atom. The van der Waals surface area contributed by atoms with Crippen molar-refractivity contribution in [3.8, 4) is 0 Å². The summed E-state index contributed by atoms with van der Waals surface area (Å²) in [7, 11) is -1.61. The highest BCUT2D eigenvalue weighted by Gasteiger charge is 2.33. The van der Waals surface area contributed by atoms with Crippen molar-refractivity contribution >= 4 is 21.4 Å². The molecule has 0 aromatic carbocycles. The van der Waals surface area contributed by atoms with E-state index in [0.29, 0.717) is 31.2 Å². The summed E-state index contributed by atoms with van der Waals surface area (Å²) in [6, 6.07) is 5.85. The topological polar surface area (TPSA) is 75.0 Å². The zero-order chi connectivity index (χ0) is 19.2. The Balaban J connectivity index is 1.55. The number of carbonyl (C=O) groups excluding carboxylic acids is 1. The van der Waals surface area contributed by atoms with Crippen molar-refractivity contribution in [1.29, 1.82) is 0 Å². The second kappa shape index (κ2) is 6.91. The molecule has 2 aromatic heterocycles. The molecule has 0 N–H and O–H groups in total. The highest BCUT2D eigenvalue weighted by molar-refractivity contribution is 7.88. The molecule has 1 saturated carbocycles. The fourth-order valence-electron chi connectivity index (χ4n) is 3.90. The van der Waals surface area contributed by atoms with E-state index in [0.717, 1.165) is 37.0 Å². The van der Waals surface area contributed by atoms with Crippen molar-refractivity contribution in [3.63, 3.8) is 0 Å². The van der Waals surface area contributed by atoms with E-state index in [2.05, 4.69) is 0 Å². The van der Waals surface area contributed by atoms with Gasteiger partial charge in [0.2, 0.25) is 10.0 Å². The molecule has 1 aliphatic heterocycles. The van der Waals surface area contributed by atoms with Gasteiger partial charge in [-0.05, 0) is 43.7 Å². The number of nitrogens with zero attached hydrogens (tertiary/aromatic N) is 4. The Kier molecular flexibility index (Phi) is 4.71. The molecule has 7 nitrogen and oxygen atoms in total. The van der Waals surface area contributed by atoms with Crippen molar-refractivity contribution in [2.75, 3.05) is 32.9 Å². The minimum Gasteiger partial charge on any atom is -0.337 e. The lowest BCUT2D eigenvalue weighted by Gasteiger charge is -2.34. The molecular weight excluding hydrogens is 364 g/mol. The Morgan fingerprint density at radius 1 is 1.30 bits per heavy atom. The van der Waals surface area contributed by atoms with E-state index in [9.17, 15) is 13.2 Å². The van der Waals surface area contributed by atoms with Crippen LogP contribution in [0, 0.1) is 5.92 Å². The van der Waals surface area contributed by atoms with Crippen LogP contribution in [0.5, 0.6) is 0 Å². The summed E-state index contributed by atoms with van der Waals surface area (Å²) >= 11 is 0. The monoisotopic (exact) mass is 390 g/mol. The fraction of sp³-hybridized carbons (Fsp3) is 0.579. The first-order valence-corrected chi connectivity index (χ1v) is 11.4. The summed E-state index contributed by atoms with van der Waals surface area (Å²) < 4.78 is 26.8. The van der Waals surface area contributed by atoms with Crippen molar-refractivity contribution in [1.82, 2.24) is 18.6 Å². The summed E-state index contributed by atoms with van der Waals surface area (Å²) in [5.74, 6) is 1.55. The van der Waals surface area contributed by atoms with Gasteiger partial charge in [0, 0.05) is 38.8 Å². The van der Waals surface area contributed by atoms with Crippen LogP contribution in [-0.4, -0.2) is 65.9 Å². The van der Waals surface area contributed by atoms with Gasteiger partial charge in [0.1, 0.15) is 5.82 Å². The average Bonchev–Trinajstić information content (AvgIpc) is 3.41. The predicted octanol–water partition coefficient (Wildman–Crippen LogP) is 1.96. The zero-order valence-corrected chi connectivity index (χ0v) is 16.7. The summed E-state index contributed by atoms with van der Waals surface area (Å²) in [4.78, 5) is 19.8. The first-order valence-electron chi connectivity index (χ1n) is 9.52. The van der Waals surface area contributed by atoms with Gasteiger partial charge in [-0.1, -0.05) is 6.07 Å². The molecule has 0 radical (unpaired) electrons. The van der Waals surface area contributed by atoms with E-state index >= 15 is 0 Å². The third-order valence-corrected chi connectivity index (χ3v) is 6.89. The molecule has 0 spiro atoms. The maximum Gasteiger partial charge on any atom is 0.274 e. The molecule has 8 heteroatoms. The first-order chi connectivity index (χ1) is 12.8. The smallest absolute Gasteiger partial charge is 0.274 e. The van der Waals surface area contributed by atoms with Crippen LogP contribution < -0.4 is 0 Å². The normalized spacial score (nSPS) is 21.1. The largest absolute Gasteiger partial charge is 0.337 e. The number of imidazole rings is 1. The van der Waals surface area contributed by atoms with Gasteiger partial charge in [-0.3, -0.25) is 4.79 Å². The zero-order valence-electron chi connectivity index (χ0n) is 15.8. The van der Waals surface area contributed by atoms with Crippen molar-refractivity contribution in [2.45, 2.75) is 31.6 Å². The fourth-order valence-corrected chi connectivity index (χ4v) is 4.38. The first kappa shape index (κ1) is 18.4. The van der Waals surface area contributed by atoms with Gasteiger partial charge in [-0.2, -0.15) is 0 Å². The molecular formula is C19H26N4O3S. The summed E-state index contributed by atoms with van der Waals surface area (Å²) in [5, 5.41) is 0. The van der Waals surface area contributed by atoms with Crippen LogP contribution in [0.1, 0.15) is 47.9 Å². The van der Waals surface area contributed by atoms with Crippen LogP contribution in [-0.2, 0) is 10.0 Å². The molecule has 3 heterocycles. The number of likely N-dealkylation sites (tertiary alicyclic amines) is 1. The van der Waals surface area contributed by atoms with Crippen LogP contribution in [0.15, 0.2) is 24.4 Å². The van der Waals surface area contributed by atoms with Crippen molar-refractivity contribution in [3.05, 3.63) is 35.9 Å². The summed E-state index contributed by atoms with van der Waals surface area (Å²) in [5.41, 5.74) is 1.38. The lowest BCUT2D eigenvalue weighted by atomic mass is 9.97. The molecule has 2 aliphatic rings. The number of hydrogen-bond donors (Lipinski definition) is 0. The molecule has 2 aromatic rings. The van der Waals surface area contributed by atoms with Gasteiger partial charge in [0.05, 0.1) is 11.8 Å². The number of fused-ring (bicyclic) bond motifs is 1. The number of hydrogen-bond acceptors (Lipinski definition) is 4. The molecule has 0 bridgehead atoms. The van der Waals surface area contributed by atoms with E-state index in [1.54, 1.807) is 7.05 Å². The van der Waals surface area contributed by atoms with Gasteiger partial charge in [0.25, 0.3) is 5.91 Å². The Morgan fingerprint density at radius 3 is 2.78 bits per heavy atom. The van der Waals surface area contributed by atoms with Gasteiger partial charge in [0.15, 0.2) is 5.69 Å². The number of pyridine rings is 1. The maximum atomic E-state index is 13.2. The Labute approximate surface area is 160 Å². The summed E-state index contributed by atoms with van der Waals surface area (Å²) in [6.45, 7) is 1.71. The van der Waals surface area contributed by atoms with E-state index in [1.165, 1.54) is 10.6 Å². The Bertz CT molecular complexity index is 964. The van der Waals surface area contributed by atoms with Gasteiger partial charge >= 0.3 is 0 Å². The van der Waals surface area contributed by atoms with Crippen molar-refractivity contribution in [2.24, 2.45) is 5.92 Å². The van der Waals surface area contributed by atoms with Crippen LogP contribution in [0.25, 0.3) is 5.52 Å². The molecule has 146 valence electrons. The molecule has 1 atom stereocenters. The highest BCUT2D eigenvalue weighted by atomic mass is 32.2. The van der Waals surface area contributed by atoms with Gasteiger partial charge in [-0.25, -0.2) is 17.7 Å². The molecule has 4 rings (SSSR count). The van der Waals surface area contributed by atoms with Gasteiger partial charge < -0.3 is 9.30 Å². The number of amides is 1. The van der Waals surface area contributed by atoms with Crippen molar-refractivity contribution < 1.29 is 13.2 Å². The number of aromatic nitrogens is 2. The minimum absolute atomic E-state index is 0.0442. The number of rotatable bonds is 5. The second-order valence-electron chi connectivity index (χ2n) is 7.85. The second-order valence-corrected chi connectivity index (χ2v) is 9.94. The average molecular weight is 391 g/mol. The van der Waals surface area contributed by atoms with E-state index in [-0.39, 0.29) is 11.8 Å². The molecule has 1 aliphatic carbocycles. The SMILES string of the molecule is CN(CC1CCCN(C(=O)c2nc(C3CC3)n3ccccc23)C1)S(C)(=O)=O. The van der Waals surface area contributed by atoms with Crippen LogP contribution in [0.4, 0.5) is 0 Å². The van der Waals surface area contributed by atoms with Crippen LogP contribution in [0.3, 0.4) is 0 Å². The minimum atomic E-state index is -3.21. The van der Waals surface area contributed by atoms with Gasteiger partial charge in [-0.15, -0.1) is 0 Å². The molecule has 27 heavy (non-hydrogen) atoms. The lowest BCUT2D eigenvalue weighted by molar-refractivity contribution is 0.0661. The number of carbonyl (C=O) groups is 1. The molecule has 1 saturated heterocycles. The number of sulfonamides is 1.